The number of halogens is 2. The average Bonchev–Trinajstić information content (AvgIpc) is 2.64. The van der Waals surface area contributed by atoms with Gasteiger partial charge >= 0.3 is 5.97 Å². The van der Waals surface area contributed by atoms with E-state index in [0.717, 1.165) is 0 Å². The van der Waals surface area contributed by atoms with Crippen molar-refractivity contribution < 1.29 is 23.4 Å². The summed E-state index contributed by atoms with van der Waals surface area (Å²) in [5, 5.41) is 9.05. The predicted molar refractivity (Wildman–Crippen MR) is 97.0 cm³/mol. The summed E-state index contributed by atoms with van der Waals surface area (Å²) >= 11 is 3.39. The molecule has 0 saturated carbocycles. The van der Waals surface area contributed by atoms with E-state index in [-0.39, 0.29) is 18.0 Å². The van der Waals surface area contributed by atoms with Gasteiger partial charge in [-0.25, -0.2) is 9.18 Å². The SMILES string of the molecule is COC(=O)C(C#N)=Cc1cc(Br)c(OCc2cccc(F)c2)c(OC)c1. The first-order chi connectivity index (χ1) is 12.5. The lowest BCUT2D eigenvalue weighted by molar-refractivity contribution is -0.135. The van der Waals surface area contributed by atoms with Crippen LogP contribution in [0.15, 0.2) is 46.4 Å². The van der Waals surface area contributed by atoms with Crippen molar-refractivity contribution in [2.45, 2.75) is 6.61 Å². The smallest absolute Gasteiger partial charge is 0.348 e. The molecule has 0 unspecified atom stereocenters. The molecule has 0 aliphatic heterocycles. The lowest BCUT2D eigenvalue weighted by atomic mass is 10.1. The summed E-state index contributed by atoms with van der Waals surface area (Å²) in [6.07, 6.45) is 1.38. The highest BCUT2D eigenvalue weighted by molar-refractivity contribution is 9.10. The van der Waals surface area contributed by atoms with E-state index in [1.54, 1.807) is 30.3 Å². The van der Waals surface area contributed by atoms with Gasteiger partial charge in [0, 0.05) is 0 Å². The summed E-state index contributed by atoms with van der Waals surface area (Å²) in [5.74, 6) is -0.256. The number of esters is 1. The largest absolute Gasteiger partial charge is 0.493 e. The number of hydrogen-bond acceptors (Lipinski definition) is 5. The van der Waals surface area contributed by atoms with Crippen molar-refractivity contribution in [2.24, 2.45) is 0 Å². The van der Waals surface area contributed by atoms with Crippen LogP contribution in [-0.4, -0.2) is 20.2 Å². The number of ether oxygens (including phenoxy) is 3. The second-order valence-electron chi connectivity index (χ2n) is 5.11. The molecule has 26 heavy (non-hydrogen) atoms. The maximum Gasteiger partial charge on any atom is 0.348 e. The monoisotopic (exact) mass is 419 g/mol. The molecule has 134 valence electrons. The van der Waals surface area contributed by atoms with Crippen LogP contribution in [0.1, 0.15) is 11.1 Å². The van der Waals surface area contributed by atoms with Crippen molar-refractivity contribution in [3.63, 3.8) is 0 Å². The number of carbonyl (C=O) groups excluding carboxylic acids is 1. The predicted octanol–water partition coefficient (Wildman–Crippen LogP) is 4.26. The van der Waals surface area contributed by atoms with Gasteiger partial charge in [0.15, 0.2) is 11.5 Å². The van der Waals surface area contributed by atoms with Crippen LogP contribution in [0.3, 0.4) is 0 Å². The van der Waals surface area contributed by atoms with Crippen molar-refractivity contribution in [3.05, 3.63) is 63.4 Å². The van der Waals surface area contributed by atoms with E-state index in [1.165, 1.54) is 32.4 Å². The minimum absolute atomic E-state index is 0.144. The van der Waals surface area contributed by atoms with Gasteiger partial charge in [-0.05, 0) is 57.4 Å². The number of hydrogen-bond donors (Lipinski definition) is 0. The molecule has 2 aromatic rings. The average molecular weight is 420 g/mol. The highest BCUT2D eigenvalue weighted by Crippen LogP contribution is 2.37. The minimum Gasteiger partial charge on any atom is -0.493 e. The third-order valence-electron chi connectivity index (χ3n) is 3.36. The Kier molecular flexibility index (Phi) is 6.75. The highest BCUT2D eigenvalue weighted by atomic mass is 79.9. The quantitative estimate of drug-likeness (QED) is 0.397. The zero-order valence-electron chi connectivity index (χ0n) is 14.1. The maximum absolute atomic E-state index is 13.3. The van der Waals surface area contributed by atoms with Crippen LogP contribution in [0.4, 0.5) is 4.39 Å². The Morgan fingerprint density at radius 1 is 1.31 bits per heavy atom. The van der Waals surface area contributed by atoms with Gasteiger partial charge in [0.2, 0.25) is 0 Å². The molecule has 0 spiro atoms. The van der Waals surface area contributed by atoms with E-state index < -0.39 is 5.97 Å². The third kappa shape index (κ3) is 4.83. The first kappa shape index (κ1) is 19.5. The second-order valence-corrected chi connectivity index (χ2v) is 5.97. The molecule has 0 aliphatic carbocycles. The number of nitriles is 1. The molecular weight excluding hydrogens is 405 g/mol. The molecule has 0 N–H and O–H groups in total. The number of carbonyl (C=O) groups is 1. The van der Waals surface area contributed by atoms with Crippen LogP contribution in [0, 0.1) is 17.1 Å². The number of nitrogens with zero attached hydrogens (tertiary/aromatic N) is 1. The van der Waals surface area contributed by atoms with Gasteiger partial charge in [-0.1, -0.05) is 12.1 Å². The summed E-state index contributed by atoms with van der Waals surface area (Å²) in [5.41, 5.74) is 1.07. The molecule has 0 heterocycles. The molecule has 5 nitrogen and oxygen atoms in total. The third-order valence-corrected chi connectivity index (χ3v) is 3.95. The van der Waals surface area contributed by atoms with E-state index in [4.69, 9.17) is 14.7 Å². The first-order valence-corrected chi connectivity index (χ1v) is 8.22. The van der Waals surface area contributed by atoms with E-state index in [1.807, 2.05) is 0 Å². The van der Waals surface area contributed by atoms with Gasteiger partial charge in [0.1, 0.15) is 24.1 Å². The Morgan fingerprint density at radius 3 is 2.69 bits per heavy atom. The molecule has 0 aliphatic rings. The Morgan fingerprint density at radius 2 is 2.08 bits per heavy atom. The summed E-state index contributed by atoms with van der Waals surface area (Å²) in [4.78, 5) is 11.5. The molecule has 0 bridgehead atoms. The standard InChI is InChI=1S/C19H15BrFNO4/c1-24-17-9-13(6-14(10-22)19(23)25-2)8-16(20)18(17)26-11-12-4-3-5-15(21)7-12/h3-9H,11H2,1-2H3. The number of methoxy groups -OCH3 is 2. The van der Waals surface area contributed by atoms with Crippen LogP contribution in [-0.2, 0) is 16.1 Å². The zero-order chi connectivity index (χ0) is 19.1. The van der Waals surface area contributed by atoms with Gasteiger partial charge < -0.3 is 14.2 Å². The molecule has 0 amide bonds. The minimum atomic E-state index is -0.728. The fourth-order valence-electron chi connectivity index (χ4n) is 2.16. The summed E-state index contributed by atoms with van der Waals surface area (Å²) in [6.45, 7) is 0.146. The van der Waals surface area contributed by atoms with E-state index in [2.05, 4.69) is 20.7 Å². The molecular formula is C19H15BrFNO4. The highest BCUT2D eigenvalue weighted by Gasteiger charge is 2.14. The van der Waals surface area contributed by atoms with Crippen LogP contribution in [0.25, 0.3) is 6.08 Å². The summed E-state index contributed by atoms with van der Waals surface area (Å²) in [6, 6.07) is 11.2. The van der Waals surface area contributed by atoms with Crippen LogP contribution in [0.2, 0.25) is 0 Å². The Hall–Kier alpha value is -2.85. The van der Waals surface area contributed by atoms with Crippen LogP contribution < -0.4 is 9.47 Å². The van der Waals surface area contributed by atoms with Crippen LogP contribution >= 0.6 is 15.9 Å². The fraction of sp³-hybridized carbons (Fsp3) is 0.158. The lowest BCUT2D eigenvalue weighted by Gasteiger charge is -2.14. The van der Waals surface area contributed by atoms with E-state index in [9.17, 15) is 9.18 Å². The molecule has 2 rings (SSSR count). The molecule has 0 fully saturated rings. The number of rotatable bonds is 6. The molecule has 0 radical (unpaired) electrons. The van der Waals surface area contributed by atoms with Crippen molar-refractivity contribution >= 4 is 28.0 Å². The first-order valence-electron chi connectivity index (χ1n) is 7.43. The summed E-state index contributed by atoms with van der Waals surface area (Å²) < 4.78 is 29.4. The normalized spacial score (nSPS) is 10.8. The molecule has 0 aromatic heterocycles. The van der Waals surface area contributed by atoms with Crippen molar-refractivity contribution in [2.75, 3.05) is 14.2 Å². The van der Waals surface area contributed by atoms with Gasteiger partial charge in [-0.2, -0.15) is 5.26 Å². The van der Waals surface area contributed by atoms with Gasteiger partial charge in [-0.15, -0.1) is 0 Å². The second kappa shape index (κ2) is 9.02. The van der Waals surface area contributed by atoms with Crippen molar-refractivity contribution in [1.29, 1.82) is 5.26 Å². The van der Waals surface area contributed by atoms with Gasteiger partial charge in [0.05, 0.1) is 18.7 Å². The van der Waals surface area contributed by atoms with E-state index >= 15 is 0 Å². The topological polar surface area (TPSA) is 68.6 Å². The molecule has 2 aromatic carbocycles. The van der Waals surface area contributed by atoms with Gasteiger partial charge in [-0.3, -0.25) is 0 Å². The van der Waals surface area contributed by atoms with Crippen molar-refractivity contribution in [3.8, 4) is 17.6 Å². The zero-order valence-corrected chi connectivity index (χ0v) is 15.7. The maximum atomic E-state index is 13.3. The summed E-state index contributed by atoms with van der Waals surface area (Å²) in [7, 11) is 2.67. The molecule has 0 saturated heterocycles. The lowest BCUT2D eigenvalue weighted by Crippen LogP contribution is -2.03. The molecule has 7 heteroatoms. The Balaban J connectivity index is 2.30. The van der Waals surface area contributed by atoms with Gasteiger partial charge in [0.25, 0.3) is 0 Å². The molecule has 0 atom stereocenters. The Bertz CT molecular complexity index is 890. The fourth-order valence-corrected chi connectivity index (χ4v) is 2.73. The van der Waals surface area contributed by atoms with E-state index in [0.29, 0.717) is 27.1 Å². The van der Waals surface area contributed by atoms with Crippen molar-refractivity contribution in [1.82, 2.24) is 0 Å². The Labute approximate surface area is 158 Å². The van der Waals surface area contributed by atoms with Crippen LogP contribution in [0.5, 0.6) is 11.5 Å². The number of benzene rings is 2.